The third kappa shape index (κ3) is 5.34. The summed E-state index contributed by atoms with van der Waals surface area (Å²) in [5.41, 5.74) is 2.28. The molecule has 0 saturated carbocycles. The number of fused-ring (bicyclic) bond motifs is 1. The van der Waals surface area contributed by atoms with Crippen LogP contribution in [0.1, 0.15) is 18.4 Å². The maximum atomic E-state index is 11.8. The van der Waals surface area contributed by atoms with Gasteiger partial charge in [-0.3, -0.25) is 4.79 Å². The Hall–Kier alpha value is -2.84. The maximum Gasteiger partial charge on any atom is 0.305 e. The van der Waals surface area contributed by atoms with Gasteiger partial charge < -0.3 is 14.5 Å². The fourth-order valence-electron chi connectivity index (χ4n) is 2.87. The number of rotatable bonds is 9. The van der Waals surface area contributed by atoms with Crippen LogP contribution in [0.15, 0.2) is 59.6 Å². The molecule has 0 fully saturated rings. The highest BCUT2D eigenvalue weighted by molar-refractivity contribution is 7.89. The number of carbonyl (C=O) groups is 1. The van der Waals surface area contributed by atoms with E-state index in [0.29, 0.717) is 18.6 Å². The van der Waals surface area contributed by atoms with Crippen molar-refractivity contribution in [2.75, 3.05) is 13.2 Å². The number of benzene rings is 2. The zero-order valence-electron chi connectivity index (χ0n) is 15.3. The standard InChI is InChI=1S/C20H22N2O5S/c21-28(24,25)17-10-8-16(9-11-17)26-12-13-27-20(23)7-3-4-15-14-22-19-6-2-1-5-18(15)19/h1-2,5-6,8-11,14,22H,3-4,7,12-13H2,(H2,21,24,25). The summed E-state index contributed by atoms with van der Waals surface area (Å²) in [5.74, 6) is 0.204. The fourth-order valence-corrected chi connectivity index (χ4v) is 3.39. The van der Waals surface area contributed by atoms with Crippen LogP contribution in [0.5, 0.6) is 5.75 Å². The third-order valence-electron chi connectivity index (χ3n) is 4.27. The van der Waals surface area contributed by atoms with Crippen molar-refractivity contribution in [3.8, 4) is 5.75 Å². The number of carbonyl (C=O) groups excluding carboxylic acids is 1. The molecule has 8 heteroatoms. The summed E-state index contributed by atoms with van der Waals surface area (Å²) in [6, 6.07) is 13.8. The first-order chi connectivity index (χ1) is 13.4. The van der Waals surface area contributed by atoms with Gasteiger partial charge >= 0.3 is 5.97 Å². The van der Waals surface area contributed by atoms with Gasteiger partial charge in [0.2, 0.25) is 10.0 Å². The first-order valence-corrected chi connectivity index (χ1v) is 10.4. The van der Waals surface area contributed by atoms with Crippen LogP contribution in [0, 0.1) is 0 Å². The average molecular weight is 402 g/mol. The van der Waals surface area contributed by atoms with Gasteiger partial charge in [-0.2, -0.15) is 0 Å². The van der Waals surface area contributed by atoms with Gasteiger partial charge in [-0.1, -0.05) is 18.2 Å². The highest BCUT2D eigenvalue weighted by Crippen LogP contribution is 2.19. The van der Waals surface area contributed by atoms with Gasteiger partial charge in [-0.25, -0.2) is 13.6 Å². The lowest BCUT2D eigenvalue weighted by atomic mass is 10.1. The molecule has 0 aliphatic carbocycles. The van der Waals surface area contributed by atoms with E-state index in [1.165, 1.54) is 35.2 Å². The summed E-state index contributed by atoms with van der Waals surface area (Å²) < 4.78 is 32.9. The molecule has 0 aliphatic rings. The summed E-state index contributed by atoms with van der Waals surface area (Å²) in [5, 5.41) is 6.21. The van der Waals surface area contributed by atoms with Crippen LogP contribution >= 0.6 is 0 Å². The van der Waals surface area contributed by atoms with Crippen LogP contribution in [-0.4, -0.2) is 32.6 Å². The zero-order chi connectivity index (χ0) is 20.0. The van der Waals surface area contributed by atoms with Crippen molar-refractivity contribution in [2.45, 2.75) is 24.2 Å². The number of hydrogen-bond donors (Lipinski definition) is 2. The van der Waals surface area contributed by atoms with Gasteiger partial charge in [0.05, 0.1) is 4.90 Å². The lowest BCUT2D eigenvalue weighted by molar-refractivity contribution is -0.144. The summed E-state index contributed by atoms with van der Waals surface area (Å²) in [6.45, 7) is 0.311. The highest BCUT2D eigenvalue weighted by atomic mass is 32.2. The molecule has 0 aliphatic heterocycles. The van der Waals surface area contributed by atoms with Gasteiger partial charge in [0.25, 0.3) is 0 Å². The first-order valence-electron chi connectivity index (χ1n) is 8.90. The van der Waals surface area contributed by atoms with Gasteiger partial charge in [0, 0.05) is 23.5 Å². The number of primary sulfonamides is 1. The second-order valence-electron chi connectivity index (χ2n) is 6.30. The summed E-state index contributed by atoms with van der Waals surface area (Å²) in [6.07, 6.45) is 3.82. The Kier molecular flexibility index (Phi) is 6.33. The van der Waals surface area contributed by atoms with Crippen molar-refractivity contribution < 1.29 is 22.7 Å². The molecule has 1 aromatic heterocycles. The van der Waals surface area contributed by atoms with Crippen LogP contribution in [0.4, 0.5) is 0 Å². The van der Waals surface area contributed by atoms with Crippen molar-refractivity contribution in [1.82, 2.24) is 4.98 Å². The van der Waals surface area contributed by atoms with Gasteiger partial charge in [0.1, 0.15) is 19.0 Å². The molecular weight excluding hydrogens is 380 g/mol. The lowest BCUT2D eigenvalue weighted by Crippen LogP contribution is -2.13. The number of H-pyrrole nitrogens is 1. The van der Waals surface area contributed by atoms with Crippen LogP contribution in [0.2, 0.25) is 0 Å². The summed E-state index contributed by atoms with van der Waals surface area (Å²) in [7, 11) is -3.72. The number of nitrogens with two attached hydrogens (primary N) is 1. The molecule has 3 rings (SSSR count). The van der Waals surface area contributed by atoms with E-state index < -0.39 is 10.0 Å². The molecule has 2 aromatic carbocycles. The van der Waals surface area contributed by atoms with Gasteiger partial charge in [-0.05, 0) is 48.7 Å². The van der Waals surface area contributed by atoms with Crippen LogP contribution in [0.25, 0.3) is 10.9 Å². The Morgan fingerprint density at radius 1 is 1.04 bits per heavy atom. The number of aromatic nitrogens is 1. The minimum absolute atomic E-state index is 0.0153. The van der Waals surface area contributed by atoms with E-state index >= 15 is 0 Å². The number of sulfonamides is 1. The van der Waals surface area contributed by atoms with Crippen LogP contribution < -0.4 is 9.88 Å². The summed E-state index contributed by atoms with van der Waals surface area (Å²) in [4.78, 5) is 15.1. The monoisotopic (exact) mass is 402 g/mol. The predicted octanol–water partition coefficient (Wildman–Crippen LogP) is 2.76. The molecule has 7 nitrogen and oxygen atoms in total. The van der Waals surface area contributed by atoms with E-state index in [0.717, 1.165) is 11.9 Å². The number of esters is 1. The van der Waals surface area contributed by atoms with E-state index in [9.17, 15) is 13.2 Å². The lowest BCUT2D eigenvalue weighted by Gasteiger charge is -2.08. The molecular formula is C20H22N2O5S. The normalized spacial score (nSPS) is 11.5. The number of aryl methyl sites for hydroxylation is 1. The quantitative estimate of drug-likeness (QED) is 0.422. The van der Waals surface area contributed by atoms with Gasteiger partial charge in [0.15, 0.2) is 0 Å². The van der Waals surface area contributed by atoms with Gasteiger partial charge in [-0.15, -0.1) is 0 Å². The van der Waals surface area contributed by atoms with E-state index in [4.69, 9.17) is 14.6 Å². The fraction of sp³-hybridized carbons (Fsp3) is 0.250. The number of aromatic amines is 1. The average Bonchev–Trinajstić information content (AvgIpc) is 3.08. The highest BCUT2D eigenvalue weighted by Gasteiger charge is 2.08. The van der Waals surface area contributed by atoms with E-state index in [1.807, 2.05) is 24.4 Å². The molecule has 0 amide bonds. The van der Waals surface area contributed by atoms with Crippen molar-refractivity contribution in [2.24, 2.45) is 5.14 Å². The molecule has 0 spiro atoms. The number of ether oxygens (including phenoxy) is 2. The molecule has 0 atom stereocenters. The molecule has 0 unspecified atom stereocenters. The second-order valence-corrected chi connectivity index (χ2v) is 7.86. The van der Waals surface area contributed by atoms with E-state index in [1.54, 1.807) is 0 Å². The van der Waals surface area contributed by atoms with Crippen LogP contribution in [0.3, 0.4) is 0 Å². The number of hydrogen-bond acceptors (Lipinski definition) is 5. The maximum absolute atomic E-state index is 11.8. The molecule has 148 valence electrons. The predicted molar refractivity (Wildman–Crippen MR) is 106 cm³/mol. The molecule has 0 saturated heterocycles. The molecule has 0 radical (unpaired) electrons. The minimum atomic E-state index is -3.72. The SMILES string of the molecule is NS(=O)(=O)c1ccc(OCCOC(=O)CCCc2c[nH]c3ccccc23)cc1. The molecule has 3 N–H and O–H groups in total. The van der Waals surface area contributed by atoms with Crippen molar-refractivity contribution >= 4 is 26.9 Å². The zero-order valence-corrected chi connectivity index (χ0v) is 16.1. The largest absolute Gasteiger partial charge is 0.490 e. The van der Waals surface area contributed by atoms with Crippen LogP contribution in [-0.2, 0) is 26.0 Å². The van der Waals surface area contributed by atoms with Crippen molar-refractivity contribution in [1.29, 1.82) is 0 Å². The third-order valence-corrected chi connectivity index (χ3v) is 5.20. The Labute approximate surface area is 163 Å². The summed E-state index contributed by atoms with van der Waals surface area (Å²) >= 11 is 0. The smallest absolute Gasteiger partial charge is 0.305 e. The number of nitrogens with one attached hydrogen (secondary N) is 1. The topological polar surface area (TPSA) is 111 Å². The second kappa shape index (κ2) is 8.90. The Morgan fingerprint density at radius 3 is 2.54 bits per heavy atom. The van der Waals surface area contributed by atoms with Crippen molar-refractivity contribution in [3.63, 3.8) is 0 Å². The Bertz CT molecular complexity index is 1040. The molecule has 28 heavy (non-hydrogen) atoms. The number of para-hydroxylation sites is 1. The Balaban J connectivity index is 1.34. The Morgan fingerprint density at radius 2 is 1.79 bits per heavy atom. The first kappa shape index (κ1) is 19.9. The van der Waals surface area contributed by atoms with E-state index in [-0.39, 0.29) is 24.1 Å². The minimum Gasteiger partial charge on any atom is -0.490 e. The van der Waals surface area contributed by atoms with E-state index in [2.05, 4.69) is 11.1 Å². The van der Waals surface area contributed by atoms with Crippen molar-refractivity contribution in [3.05, 3.63) is 60.3 Å². The molecule has 3 aromatic rings. The molecule has 0 bridgehead atoms. The molecule has 1 heterocycles.